The van der Waals surface area contributed by atoms with Crippen LogP contribution in [0.15, 0.2) is 72.3 Å². The zero-order valence-corrected chi connectivity index (χ0v) is 18.5. The number of benzene rings is 2. The summed E-state index contributed by atoms with van der Waals surface area (Å²) in [6.07, 6.45) is 4.83. The molecule has 0 heterocycles. The summed E-state index contributed by atoms with van der Waals surface area (Å²) in [5, 5.41) is 13.5. The molecular formula is C24H23N3O4S. The fourth-order valence-corrected chi connectivity index (χ4v) is 3.47. The van der Waals surface area contributed by atoms with Gasteiger partial charge in [0.05, 0.1) is 12.8 Å². The van der Waals surface area contributed by atoms with Crippen LogP contribution in [0.1, 0.15) is 21.5 Å². The molecule has 0 fully saturated rings. The maximum absolute atomic E-state index is 13.2. The van der Waals surface area contributed by atoms with E-state index in [1.54, 1.807) is 37.5 Å². The number of rotatable bonds is 6. The van der Waals surface area contributed by atoms with Gasteiger partial charge in [0.25, 0.3) is 0 Å². The van der Waals surface area contributed by atoms with E-state index in [1.807, 2.05) is 36.4 Å². The Balaban J connectivity index is 1.92. The topological polar surface area (TPSA) is 101 Å². The van der Waals surface area contributed by atoms with Crippen LogP contribution in [0.5, 0.6) is 0 Å². The van der Waals surface area contributed by atoms with Gasteiger partial charge in [0, 0.05) is 23.9 Å². The number of ether oxygens (including phenoxy) is 2. The van der Waals surface area contributed by atoms with Gasteiger partial charge in [0.2, 0.25) is 0 Å². The number of carbonyl (C=O) groups is 2. The van der Waals surface area contributed by atoms with Gasteiger partial charge in [-0.2, -0.15) is 0 Å². The van der Waals surface area contributed by atoms with E-state index in [0.29, 0.717) is 28.9 Å². The molecule has 2 aromatic carbocycles. The lowest BCUT2D eigenvalue weighted by Gasteiger charge is -2.18. The third kappa shape index (κ3) is 5.75. The van der Waals surface area contributed by atoms with Crippen molar-refractivity contribution in [2.24, 2.45) is 0 Å². The third-order valence-corrected chi connectivity index (χ3v) is 5.03. The molecule has 3 rings (SSSR count). The minimum absolute atomic E-state index is 0.0754. The molecule has 3 N–H and O–H groups in total. The van der Waals surface area contributed by atoms with Gasteiger partial charge in [0.1, 0.15) is 6.10 Å². The van der Waals surface area contributed by atoms with Gasteiger partial charge in [-0.15, -0.1) is 0 Å². The molecule has 0 aliphatic heterocycles. The Labute approximate surface area is 191 Å². The van der Waals surface area contributed by atoms with Crippen molar-refractivity contribution in [3.63, 3.8) is 0 Å². The van der Waals surface area contributed by atoms with Gasteiger partial charge >= 0.3 is 6.09 Å². The zero-order chi connectivity index (χ0) is 23.1. The average molecular weight is 450 g/mol. The van der Waals surface area contributed by atoms with Crippen molar-refractivity contribution >= 4 is 40.6 Å². The molecule has 7 nitrogen and oxygen atoms in total. The summed E-state index contributed by atoms with van der Waals surface area (Å²) < 4.78 is 9.79. The van der Waals surface area contributed by atoms with E-state index in [2.05, 4.69) is 15.4 Å². The highest BCUT2D eigenvalue weighted by Crippen LogP contribution is 2.24. The summed E-state index contributed by atoms with van der Waals surface area (Å²) in [4.78, 5) is 24.5. The van der Waals surface area contributed by atoms with E-state index in [0.717, 1.165) is 11.1 Å². The molecule has 8 heteroatoms. The van der Waals surface area contributed by atoms with Crippen molar-refractivity contribution in [3.8, 4) is 0 Å². The largest absolute Gasteiger partial charge is 0.453 e. The van der Waals surface area contributed by atoms with Crippen molar-refractivity contribution < 1.29 is 19.1 Å². The number of anilines is 1. The Bertz CT molecular complexity index is 1110. The molecular weight excluding hydrogens is 426 g/mol. The van der Waals surface area contributed by atoms with Crippen molar-refractivity contribution in [2.75, 3.05) is 19.5 Å². The zero-order valence-electron chi connectivity index (χ0n) is 17.7. The molecule has 0 saturated heterocycles. The highest BCUT2D eigenvalue weighted by molar-refractivity contribution is 7.80. The second-order valence-electron chi connectivity index (χ2n) is 7.00. The molecule has 1 unspecified atom stereocenters. The third-order valence-electron chi connectivity index (χ3n) is 4.83. The van der Waals surface area contributed by atoms with Gasteiger partial charge < -0.3 is 20.2 Å². The molecule has 32 heavy (non-hydrogen) atoms. The Hall–Kier alpha value is -3.62. The van der Waals surface area contributed by atoms with Gasteiger partial charge in [-0.3, -0.25) is 10.1 Å². The van der Waals surface area contributed by atoms with E-state index in [4.69, 9.17) is 22.4 Å². The molecule has 0 bridgehead atoms. The first kappa shape index (κ1) is 23.1. The first-order valence-corrected chi connectivity index (χ1v) is 10.2. The summed E-state index contributed by atoms with van der Waals surface area (Å²) in [6.45, 7) is 0. The maximum Gasteiger partial charge on any atom is 0.413 e. The van der Waals surface area contributed by atoms with E-state index in [1.165, 1.54) is 7.11 Å². The quantitative estimate of drug-likeness (QED) is 0.455. The average Bonchev–Trinajstić information content (AvgIpc) is 2.79. The lowest BCUT2D eigenvalue weighted by molar-refractivity contribution is 0.103. The van der Waals surface area contributed by atoms with E-state index < -0.39 is 6.09 Å². The van der Waals surface area contributed by atoms with Crippen LogP contribution in [-0.2, 0) is 15.9 Å². The Morgan fingerprint density at radius 1 is 1.12 bits per heavy atom. The van der Waals surface area contributed by atoms with Crippen LogP contribution in [-0.4, -0.2) is 43.0 Å². The van der Waals surface area contributed by atoms with E-state index in [-0.39, 0.29) is 17.0 Å². The predicted octanol–water partition coefficient (Wildman–Crippen LogP) is 4.04. The number of allylic oxidation sites excluding steroid dienone is 2. The van der Waals surface area contributed by atoms with Crippen molar-refractivity contribution in [3.05, 3.63) is 89.0 Å². The molecule has 0 saturated carbocycles. The number of hydrogen-bond donors (Lipinski definition) is 3. The van der Waals surface area contributed by atoms with Crippen LogP contribution in [0.4, 0.5) is 10.5 Å². The first-order chi connectivity index (χ1) is 15.4. The number of ketones is 1. The summed E-state index contributed by atoms with van der Waals surface area (Å²) in [5.41, 5.74) is 3.71. The highest BCUT2D eigenvalue weighted by atomic mass is 32.1. The minimum Gasteiger partial charge on any atom is -0.453 e. The summed E-state index contributed by atoms with van der Waals surface area (Å²) in [7, 11) is 2.80. The Morgan fingerprint density at radius 3 is 2.53 bits per heavy atom. The van der Waals surface area contributed by atoms with Crippen LogP contribution in [0.2, 0.25) is 0 Å². The standard InChI is InChI=1S/C24H23N3O4S/c1-30-21-11-8-15(13-20(21)25)12-17-14-18(26-23(32)27-24(29)31-2)9-10-19(17)22(28)16-6-4-3-5-7-16/h3-11,13-14,21,25H,12H2,1-2H3,(H2,26,27,29,32). The van der Waals surface area contributed by atoms with Gasteiger partial charge in [-0.1, -0.05) is 36.4 Å². The number of amides is 1. The fourth-order valence-electron chi connectivity index (χ4n) is 3.27. The summed E-state index contributed by atoms with van der Waals surface area (Å²) >= 11 is 5.13. The van der Waals surface area contributed by atoms with Crippen LogP contribution in [0, 0.1) is 5.41 Å². The van der Waals surface area contributed by atoms with Crippen LogP contribution in [0.3, 0.4) is 0 Å². The Kier molecular flexibility index (Phi) is 7.64. The smallest absolute Gasteiger partial charge is 0.413 e. The predicted molar refractivity (Wildman–Crippen MR) is 128 cm³/mol. The minimum atomic E-state index is -0.678. The lowest BCUT2D eigenvalue weighted by atomic mass is 9.91. The number of hydrogen-bond acceptors (Lipinski definition) is 6. The molecule has 0 aromatic heterocycles. The van der Waals surface area contributed by atoms with Crippen molar-refractivity contribution in [2.45, 2.75) is 12.5 Å². The molecule has 1 amide bonds. The fraction of sp³-hybridized carbons (Fsp3) is 0.167. The number of methoxy groups -OCH3 is 2. The van der Waals surface area contributed by atoms with Crippen LogP contribution in [0.25, 0.3) is 0 Å². The molecule has 2 aromatic rings. The number of carbonyl (C=O) groups excluding carboxylic acids is 2. The normalized spacial score (nSPS) is 15.0. The van der Waals surface area contributed by atoms with Gasteiger partial charge in [-0.05, 0) is 60.1 Å². The maximum atomic E-state index is 13.2. The van der Waals surface area contributed by atoms with Crippen molar-refractivity contribution in [1.29, 1.82) is 5.41 Å². The molecule has 0 radical (unpaired) electrons. The van der Waals surface area contributed by atoms with Crippen LogP contribution < -0.4 is 10.6 Å². The first-order valence-electron chi connectivity index (χ1n) is 9.80. The lowest BCUT2D eigenvalue weighted by Crippen LogP contribution is -2.33. The van der Waals surface area contributed by atoms with Gasteiger partial charge in [-0.25, -0.2) is 4.79 Å². The molecule has 1 atom stereocenters. The second kappa shape index (κ2) is 10.6. The van der Waals surface area contributed by atoms with Crippen molar-refractivity contribution in [1.82, 2.24) is 5.32 Å². The summed E-state index contributed by atoms with van der Waals surface area (Å²) in [6, 6.07) is 14.3. The molecule has 1 aliphatic rings. The van der Waals surface area contributed by atoms with Crippen LogP contribution >= 0.6 is 12.2 Å². The molecule has 164 valence electrons. The summed E-state index contributed by atoms with van der Waals surface area (Å²) in [5.74, 6) is -0.104. The molecule has 1 aliphatic carbocycles. The Morgan fingerprint density at radius 2 is 1.88 bits per heavy atom. The highest BCUT2D eigenvalue weighted by Gasteiger charge is 2.18. The van der Waals surface area contributed by atoms with Gasteiger partial charge in [0.15, 0.2) is 10.9 Å². The number of alkyl carbamates (subject to hydrolysis) is 1. The number of thiocarbonyl (C=S) groups is 1. The monoisotopic (exact) mass is 449 g/mol. The molecule has 0 spiro atoms. The number of nitrogens with one attached hydrogen (secondary N) is 3. The second-order valence-corrected chi connectivity index (χ2v) is 7.41. The SMILES string of the molecule is COC(=O)NC(=S)Nc1ccc(C(=O)c2ccccc2)c(CC2=CC(=N)C(OC)C=C2)c1. The van der Waals surface area contributed by atoms with E-state index >= 15 is 0 Å². The van der Waals surface area contributed by atoms with E-state index in [9.17, 15) is 9.59 Å².